The Hall–Kier alpha value is -0.870. The molecule has 0 aliphatic carbocycles. The van der Waals surface area contributed by atoms with E-state index in [1.807, 2.05) is 0 Å². The predicted molar refractivity (Wildman–Crippen MR) is 79.7 cm³/mol. The van der Waals surface area contributed by atoms with Gasteiger partial charge in [0.1, 0.15) is 0 Å². The molecule has 0 spiro atoms. The zero-order valence-electron chi connectivity index (χ0n) is 12.7. The first-order chi connectivity index (χ1) is 8.86. The first-order valence-electron chi connectivity index (χ1n) is 7.06. The van der Waals surface area contributed by atoms with Crippen molar-refractivity contribution in [2.75, 3.05) is 26.2 Å². The molecule has 19 heavy (non-hydrogen) atoms. The molecule has 0 saturated heterocycles. The quantitative estimate of drug-likeness (QED) is 0.628. The molecule has 0 saturated carbocycles. The molecule has 0 heterocycles. The lowest BCUT2D eigenvalue weighted by Gasteiger charge is -2.31. The van der Waals surface area contributed by atoms with Crippen molar-refractivity contribution in [1.29, 1.82) is 0 Å². The van der Waals surface area contributed by atoms with Crippen molar-refractivity contribution in [2.24, 2.45) is 17.1 Å². The average molecular weight is 270 g/mol. The van der Waals surface area contributed by atoms with Gasteiger partial charge in [-0.15, -0.1) is 6.58 Å². The maximum absolute atomic E-state index is 12.1. The fourth-order valence-corrected chi connectivity index (χ4v) is 2.26. The standard InChI is InChI=1S/C15H30N2O2/c1-5-10-17(11-12-18)14(19)7-6-13(8-9-16)15(2,3)4/h5,13,18H,1,6-12,16H2,2-4H3. The van der Waals surface area contributed by atoms with Crippen LogP contribution in [0.2, 0.25) is 0 Å². The second kappa shape index (κ2) is 9.10. The molecule has 0 aromatic heterocycles. The van der Waals surface area contributed by atoms with E-state index in [0.717, 1.165) is 12.8 Å². The van der Waals surface area contributed by atoms with Crippen LogP contribution >= 0.6 is 0 Å². The normalized spacial score (nSPS) is 13.1. The Morgan fingerprint density at radius 1 is 1.42 bits per heavy atom. The maximum Gasteiger partial charge on any atom is 0.222 e. The minimum absolute atomic E-state index is 0.00885. The van der Waals surface area contributed by atoms with Crippen molar-refractivity contribution < 1.29 is 9.90 Å². The molecule has 0 radical (unpaired) electrons. The lowest BCUT2D eigenvalue weighted by atomic mass is 9.76. The summed E-state index contributed by atoms with van der Waals surface area (Å²) in [6.45, 7) is 11.7. The van der Waals surface area contributed by atoms with Crippen LogP contribution in [0.3, 0.4) is 0 Å². The van der Waals surface area contributed by atoms with E-state index in [0.29, 0.717) is 32.0 Å². The molecule has 1 amide bonds. The van der Waals surface area contributed by atoms with Gasteiger partial charge < -0.3 is 15.7 Å². The summed E-state index contributed by atoms with van der Waals surface area (Å²) >= 11 is 0. The van der Waals surface area contributed by atoms with Crippen molar-refractivity contribution >= 4 is 5.91 Å². The predicted octanol–water partition coefficient (Wildman–Crippen LogP) is 1.78. The van der Waals surface area contributed by atoms with Gasteiger partial charge in [-0.05, 0) is 30.7 Å². The number of hydrogen-bond acceptors (Lipinski definition) is 3. The van der Waals surface area contributed by atoms with Gasteiger partial charge in [-0.3, -0.25) is 4.79 Å². The first kappa shape index (κ1) is 18.1. The van der Waals surface area contributed by atoms with E-state index in [4.69, 9.17) is 10.8 Å². The molecule has 0 aliphatic rings. The molecule has 0 aromatic rings. The van der Waals surface area contributed by atoms with Gasteiger partial charge in [0.05, 0.1) is 6.61 Å². The summed E-state index contributed by atoms with van der Waals surface area (Å²) in [6, 6.07) is 0. The van der Waals surface area contributed by atoms with E-state index >= 15 is 0 Å². The molecule has 0 rings (SSSR count). The molecule has 0 fully saturated rings. The van der Waals surface area contributed by atoms with Gasteiger partial charge in [0.15, 0.2) is 0 Å². The average Bonchev–Trinajstić information content (AvgIpc) is 2.32. The molecule has 1 atom stereocenters. The zero-order chi connectivity index (χ0) is 14.9. The summed E-state index contributed by atoms with van der Waals surface area (Å²) in [5.74, 6) is 0.529. The summed E-state index contributed by atoms with van der Waals surface area (Å²) in [6.07, 6.45) is 3.99. The summed E-state index contributed by atoms with van der Waals surface area (Å²) in [5.41, 5.74) is 5.81. The van der Waals surface area contributed by atoms with Crippen LogP contribution in [-0.2, 0) is 4.79 Å². The summed E-state index contributed by atoms with van der Waals surface area (Å²) in [7, 11) is 0. The number of amides is 1. The number of aliphatic hydroxyl groups excluding tert-OH is 1. The molecule has 3 N–H and O–H groups in total. The molecule has 4 nitrogen and oxygen atoms in total. The smallest absolute Gasteiger partial charge is 0.222 e. The highest BCUT2D eigenvalue weighted by molar-refractivity contribution is 5.76. The highest BCUT2D eigenvalue weighted by Crippen LogP contribution is 2.32. The van der Waals surface area contributed by atoms with Gasteiger partial charge >= 0.3 is 0 Å². The molecule has 1 unspecified atom stereocenters. The molecular formula is C15H30N2O2. The number of carbonyl (C=O) groups is 1. The van der Waals surface area contributed by atoms with Gasteiger partial charge in [-0.25, -0.2) is 0 Å². The molecule has 112 valence electrons. The lowest BCUT2D eigenvalue weighted by Crippen LogP contribution is -2.34. The minimum Gasteiger partial charge on any atom is -0.395 e. The Labute approximate surface area is 117 Å². The Balaban J connectivity index is 4.40. The van der Waals surface area contributed by atoms with E-state index in [1.165, 1.54) is 0 Å². The monoisotopic (exact) mass is 270 g/mol. The van der Waals surface area contributed by atoms with Crippen molar-refractivity contribution in [3.63, 3.8) is 0 Å². The van der Waals surface area contributed by atoms with Crippen LogP contribution < -0.4 is 5.73 Å². The van der Waals surface area contributed by atoms with E-state index in [9.17, 15) is 4.79 Å². The van der Waals surface area contributed by atoms with Crippen LogP contribution in [0.15, 0.2) is 12.7 Å². The number of hydrogen-bond donors (Lipinski definition) is 2. The van der Waals surface area contributed by atoms with Crippen LogP contribution in [0, 0.1) is 11.3 Å². The second-order valence-corrected chi connectivity index (χ2v) is 6.03. The van der Waals surface area contributed by atoms with E-state index in [1.54, 1.807) is 11.0 Å². The van der Waals surface area contributed by atoms with Crippen LogP contribution in [0.25, 0.3) is 0 Å². The summed E-state index contributed by atoms with van der Waals surface area (Å²) in [4.78, 5) is 13.7. The van der Waals surface area contributed by atoms with E-state index < -0.39 is 0 Å². The maximum atomic E-state index is 12.1. The minimum atomic E-state index is -0.00885. The Kier molecular flexibility index (Phi) is 8.68. The highest BCUT2D eigenvalue weighted by atomic mass is 16.3. The van der Waals surface area contributed by atoms with Crippen LogP contribution in [-0.4, -0.2) is 42.2 Å². The molecule has 0 aliphatic heterocycles. The molecular weight excluding hydrogens is 240 g/mol. The second-order valence-electron chi connectivity index (χ2n) is 6.03. The Bertz CT molecular complexity index is 272. The van der Waals surface area contributed by atoms with Gasteiger partial charge in [-0.1, -0.05) is 26.8 Å². The number of nitrogens with zero attached hydrogens (tertiary/aromatic N) is 1. The number of aliphatic hydroxyl groups is 1. The summed E-state index contributed by atoms with van der Waals surface area (Å²) < 4.78 is 0. The highest BCUT2D eigenvalue weighted by Gasteiger charge is 2.25. The fraction of sp³-hybridized carbons (Fsp3) is 0.800. The van der Waals surface area contributed by atoms with Crippen molar-refractivity contribution in [3.8, 4) is 0 Å². The molecule has 0 bridgehead atoms. The third kappa shape index (κ3) is 7.33. The Morgan fingerprint density at radius 3 is 2.47 bits per heavy atom. The number of rotatable bonds is 9. The number of nitrogens with two attached hydrogens (primary N) is 1. The van der Waals surface area contributed by atoms with Gasteiger partial charge in [-0.2, -0.15) is 0 Å². The molecule has 0 aromatic carbocycles. The van der Waals surface area contributed by atoms with Crippen LogP contribution in [0.1, 0.15) is 40.0 Å². The van der Waals surface area contributed by atoms with Crippen molar-refractivity contribution in [1.82, 2.24) is 4.90 Å². The third-order valence-corrected chi connectivity index (χ3v) is 3.52. The first-order valence-corrected chi connectivity index (χ1v) is 7.06. The summed E-state index contributed by atoms with van der Waals surface area (Å²) in [5, 5.41) is 8.96. The van der Waals surface area contributed by atoms with Crippen molar-refractivity contribution in [3.05, 3.63) is 12.7 Å². The molecule has 4 heteroatoms. The van der Waals surface area contributed by atoms with Gasteiger partial charge in [0, 0.05) is 19.5 Å². The van der Waals surface area contributed by atoms with E-state index in [-0.39, 0.29) is 17.9 Å². The SMILES string of the molecule is C=CCN(CCO)C(=O)CCC(CCN)C(C)(C)C. The lowest BCUT2D eigenvalue weighted by molar-refractivity contribution is -0.131. The topological polar surface area (TPSA) is 66.6 Å². The van der Waals surface area contributed by atoms with Gasteiger partial charge in [0.2, 0.25) is 5.91 Å². The van der Waals surface area contributed by atoms with Crippen LogP contribution in [0.5, 0.6) is 0 Å². The van der Waals surface area contributed by atoms with E-state index in [2.05, 4.69) is 27.4 Å². The largest absolute Gasteiger partial charge is 0.395 e. The van der Waals surface area contributed by atoms with Gasteiger partial charge in [0.25, 0.3) is 0 Å². The fourth-order valence-electron chi connectivity index (χ4n) is 2.26. The van der Waals surface area contributed by atoms with Crippen molar-refractivity contribution in [2.45, 2.75) is 40.0 Å². The Morgan fingerprint density at radius 2 is 2.05 bits per heavy atom. The number of carbonyl (C=O) groups excluding carboxylic acids is 1. The van der Waals surface area contributed by atoms with Crippen LogP contribution in [0.4, 0.5) is 0 Å². The zero-order valence-corrected chi connectivity index (χ0v) is 12.7. The third-order valence-electron chi connectivity index (χ3n) is 3.52.